The molecule has 0 unspecified atom stereocenters. The maximum Gasteiger partial charge on any atom is 0.225 e. The second-order valence-corrected chi connectivity index (χ2v) is 6.05. The molecule has 6 nitrogen and oxygen atoms in total. The van der Waals surface area contributed by atoms with Crippen LogP contribution in [0.25, 0.3) is 5.69 Å². The van der Waals surface area contributed by atoms with E-state index in [-0.39, 0.29) is 5.91 Å². The smallest absolute Gasteiger partial charge is 0.225 e. The second-order valence-electron chi connectivity index (χ2n) is 6.05. The van der Waals surface area contributed by atoms with Gasteiger partial charge in [-0.25, -0.2) is 4.68 Å². The summed E-state index contributed by atoms with van der Waals surface area (Å²) in [5.74, 6) is 0.0281. The van der Waals surface area contributed by atoms with E-state index in [1.807, 2.05) is 48.9 Å². The molecule has 1 amide bonds. The zero-order valence-corrected chi connectivity index (χ0v) is 14.3. The van der Waals surface area contributed by atoms with Crippen molar-refractivity contribution in [1.29, 1.82) is 0 Å². The summed E-state index contributed by atoms with van der Waals surface area (Å²) >= 11 is 0. The Labute approximate surface area is 142 Å². The van der Waals surface area contributed by atoms with Crippen LogP contribution in [0.5, 0.6) is 0 Å². The third-order valence-electron chi connectivity index (χ3n) is 4.32. The van der Waals surface area contributed by atoms with Gasteiger partial charge in [-0.1, -0.05) is 18.2 Å². The van der Waals surface area contributed by atoms with E-state index < -0.39 is 0 Å². The zero-order valence-electron chi connectivity index (χ0n) is 14.3. The molecule has 2 aromatic rings. The molecule has 6 heteroatoms. The first-order valence-electron chi connectivity index (χ1n) is 8.37. The highest BCUT2D eigenvalue weighted by atomic mass is 16.5. The first-order chi connectivity index (χ1) is 11.6. The molecule has 1 aliphatic heterocycles. The lowest BCUT2D eigenvalue weighted by molar-refractivity contribution is -0.116. The number of anilines is 1. The molecule has 0 aliphatic carbocycles. The standard InChI is InChI=1S/C18H24N4O2/c1-14-18(15(2)22(20-14)16-6-4-3-5-7-16)19-17(23)8-9-21-10-12-24-13-11-21/h3-7H,8-13H2,1-2H3,(H,19,23). The van der Waals surface area contributed by atoms with E-state index in [2.05, 4.69) is 15.3 Å². The summed E-state index contributed by atoms with van der Waals surface area (Å²) in [7, 11) is 0. The molecule has 1 fully saturated rings. The fourth-order valence-electron chi connectivity index (χ4n) is 2.93. The summed E-state index contributed by atoms with van der Waals surface area (Å²) in [6.45, 7) is 7.97. The van der Waals surface area contributed by atoms with Gasteiger partial charge in [-0.3, -0.25) is 9.69 Å². The van der Waals surface area contributed by atoms with E-state index >= 15 is 0 Å². The van der Waals surface area contributed by atoms with E-state index in [1.165, 1.54) is 0 Å². The zero-order chi connectivity index (χ0) is 16.9. The number of morpholine rings is 1. The minimum absolute atomic E-state index is 0.0281. The molecule has 2 heterocycles. The van der Waals surface area contributed by atoms with Crippen molar-refractivity contribution in [2.75, 3.05) is 38.2 Å². The van der Waals surface area contributed by atoms with E-state index in [4.69, 9.17) is 4.74 Å². The number of aromatic nitrogens is 2. The highest BCUT2D eigenvalue weighted by Gasteiger charge is 2.16. The molecular formula is C18H24N4O2. The summed E-state index contributed by atoms with van der Waals surface area (Å²) in [5.41, 5.74) is 3.58. The highest BCUT2D eigenvalue weighted by Crippen LogP contribution is 2.22. The lowest BCUT2D eigenvalue weighted by Crippen LogP contribution is -2.38. The van der Waals surface area contributed by atoms with Crippen molar-refractivity contribution >= 4 is 11.6 Å². The van der Waals surface area contributed by atoms with Crippen molar-refractivity contribution in [2.24, 2.45) is 0 Å². The van der Waals surface area contributed by atoms with Crippen LogP contribution >= 0.6 is 0 Å². The van der Waals surface area contributed by atoms with Crippen LogP contribution < -0.4 is 5.32 Å². The van der Waals surface area contributed by atoms with Gasteiger partial charge < -0.3 is 10.1 Å². The Morgan fingerprint density at radius 1 is 1.21 bits per heavy atom. The molecule has 1 aliphatic rings. The molecule has 1 saturated heterocycles. The maximum absolute atomic E-state index is 12.3. The van der Waals surface area contributed by atoms with Crippen molar-refractivity contribution in [2.45, 2.75) is 20.3 Å². The topological polar surface area (TPSA) is 59.4 Å². The molecule has 1 aromatic heterocycles. The number of para-hydroxylation sites is 1. The SMILES string of the molecule is Cc1nn(-c2ccccc2)c(C)c1NC(=O)CCN1CCOCC1. The van der Waals surface area contributed by atoms with Gasteiger partial charge in [0.1, 0.15) is 0 Å². The fraction of sp³-hybridized carbons (Fsp3) is 0.444. The average Bonchev–Trinajstić information content (AvgIpc) is 2.90. The maximum atomic E-state index is 12.3. The molecule has 1 aromatic carbocycles. The number of amides is 1. The monoisotopic (exact) mass is 328 g/mol. The number of rotatable bonds is 5. The van der Waals surface area contributed by atoms with Crippen LogP contribution in [-0.2, 0) is 9.53 Å². The van der Waals surface area contributed by atoms with E-state index in [9.17, 15) is 4.79 Å². The highest BCUT2D eigenvalue weighted by molar-refractivity contribution is 5.92. The molecule has 0 saturated carbocycles. The predicted octanol–water partition coefficient (Wildman–Crippen LogP) is 2.15. The van der Waals surface area contributed by atoms with Gasteiger partial charge >= 0.3 is 0 Å². The summed E-state index contributed by atoms with van der Waals surface area (Å²) in [6, 6.07) is 9.94. The Balaban J connectivity index is 1.64. The molecule has 128 valence electrons. The number of ether oxygens (including phenoxy) is 1. The molecule has 24 heavy (non-hydrogen) atoms. The lowest BCUT2D eigenvalue weighted by Gasteiger charge is -2.26. The van der Waals surface area contributed by atoms with Gasteiger partial charge in [0.25, 0.3) is 0 Å². The van der Waals surface area contributed by atoms with Crippen LogP contribution in [-0.4, -0.2) is 53.4 Å². The van der Waals surface area contributed by atoms with Crippen molar-refractivity contribution in [3.05, 3.63) is 41.7 Å². The molecule has 1 N–H and O–H groups in total. The molecule has 0 atom stereocenters. The number of hydrogen-bond donors (Lipinski definition) is 1. The summed E-state index contributed by atoms with van der Waals surface area (Å²) in [4.78, 5) is 14.6. The van der Waals surface area contributed by atoms with Gasteiger partial charge in [0, 0.05) is 26.1 Å². The van der Waals surface area contributed by atoms with Crippen LogP contribution in [0.1, 0.15) is 17.8 Å². The van der Waals surface area contributed by atoms with Crippen LogP contribution in [0.2, 0.25) is 0 Å². The van der Waals surface area contributed by atoms with Crippen LogP contribution in [0.15, 0.2) is 30.3 Å². The van der Waals surface area contributed by atoms with Crippen molar-refractivity contribution in [3.8, 4) is 5.69 Å². The van der Waals surface area contributed by atoms with E-state index in [0.717, 1.165) is 55.6 Å². The quantitative estimate of drug-likeness (QED) is 0.914. The Bertz CT molecular complexity index is 691. The van der Waals surface area contributed by atoms with Gasteiger partial charge in [0.2, 0.25) is 5.91 Å². The number of carbonyl (C=O) groups is 1. The Kier molecular flexibility index (Phi) is 5.27. The normalized spacial score (nSPS) is 15.4. The first-order valence-corrected chi connectivity index (χ1v) is 8.37. The number of aryl methyl sites for hydroxylation is 1. The number of hydrogen-bond acceptors (Lipinski definition) is 4. The van der Waals surface area contributed by atoms with Gasteiger partial charge in [0.05, 0.1) is 36.0 Å². The van der Waals surface area contributed by atoms with Gasteiger partial charge in [0.15, 0.2) is 0 Å². The van der Waals surface area contributed by atoms with Crippen molar-refractivity contribution < 1.29 is 9.53 Å². The van der Waals surface area contributed by atoms with Gasteiger partial charge in [-0.2, -0.15) is 5.10 Å². The third kappa shape index (κ3) is 3.83. The number of nitrogens with one attached hydrogen (secondary N) is 1. The first kappa shape index (κ1) is 16.7. The number of carbonyl (C=O) groups excluding carboxylic acids is 1. The van der Waals surface area contributed by atoms with Gasteiger partial charge in [-0.15, -0.1) is 0 Å². The third-order valence-corrected chi connectivity index (χ3v) is 4.32. The molecule has 0 spiro atoms. The average molecular weight is 328 g/mol. The molecular weight excluding hydrogens is 304 g/mol. The molecule has 0 radical (unpaired) electrons. The van der Waals surface area contributed by atoms with Gasteiger partial charge in [-0.05, 0) is 26.0 Å². The fourth-order valence-corrected chi connectivity index (χ4v) is 2.93. The minimum atomic E-state index is 0.0281. The summed E-state index contributed by atoms with van der Waals surface area (Å²) in [6.07, 6.45) is 0.482. The largest absolute Gasteiger partial charge is 0.379 e. The van der Waals surface area contributed by atoms with Crippen LogP contribution in [0.3, 0.4) is 0 Å². The summed E-state index contributed by atoms with van der Waals surface area (Å²) < 4.78 is 7.19. The van der Waals surface area contributed by atoms with E-state index in [1.54, 1.807) is 0 Å². The number of benzene rings is 1. The lowest BCUT2D eigenvalue weighted by atomic mass is 10.2. The second kappa shape index (κ2) is 7.59. The summed E-state index contributed by atoms with van der Waals surface area (Å²) in [5, 5.41) is 7.59. The molecule has 0 bridgehead atoms. The van der Waals surface area contributed by atoms with Crippen LogP contribution in [0.4, 0.5) is 5.69 Å². The van der Waals surface area contributed by atoms with Crippen LogP contribution in [0, 0.1) is 13.8 Å². The minimum Gasteiger partial charge on any atom is -0.379 e. The van der Waals surface area contributed by atoms with Crippen molar-refractivity contribution in [1.82, 2.24) is 14.7 Å². The van der Waals surface area contributed by atoms with Crippen molar-refractivity contribution in [3.63, 3.8) is 0 Å². The molecule has 3 rings (SSSR count). The Hall–Kier alpha value is -2.18. The number of nitrogens with zero attached hydrogens (tertiary/aromatic N) is 3. The van der Waals surface area contributed by atoms with E-state index in [0.29, 0.717) is 6.42 Å². The predicted molar refractivity (Wildman–Crippen MR) is 93.5 cm³/mol. The Morgan fingerprint density at radius 2 is 1.92 bits per heavy atom. The Morgan fingerprint density at radius 3 is 2.62 bits per heavy atom.